The van der Waals surface area contributed by atoms with Gasteiger partial charge in [-0.3, -0.25) is 0 Å². The van der Waals surface area contributed by atoms with Crippen molar-refractivity contribution < 1.29 is 0 Å². The third-order valence-corrected chi connectivity index (χ3v) is 3.43. The van der Waals surface area contributed by atoms with Gasteiger partial charge < -0.3 is 4.98 Å². The van der Waals surface area contributed by atoms with Crippen LogP contribution < -0.4 is 0 Å². The summed E-state index contributed by atoms with van der Waals surface area (Å²) in [5, 5.41) is 4.18. The maximum Gasteiger partial charge on any atom is 0.139 e. The molecule has 0 fully saturated rings. The van der Waals surface area contributed by atoms with Crippen molar-refractivity contribution in [2.24, 2.45) is 0 Å². The Morgan fingerprint density at radius 1 is 1.31 bits per heavy atom. The number of H-pyrrole nitrogens is 1. The molecule has 0 saturated heterocycles. The normalized spacial score (nSPS) is 11.1. The summed E-state index contributed by atoms with van der Waals surface area (Å²) < 4.78 is 0. The van der Waals surface area contributed by atoms with Gasteiger partial charge in [0.05, 0.1) is 11.0 Å². The molecule has 2 nitrogen and oxygen atoms in total. The fourth-order valence-electron chi connectivity index (χ4n) is 1.81. The number of imidazole rings is 1. The molecule has 1 N–H and O–H groups in total. The number of benzene rings is 1. The van der Waals surface area contributed by atoms with E-state index in [1.165, 1.54) is 11.1 Å². The number of fused-ring (bicyclic) bond motifs is 1. The number of hydrogen-bond acceptors (Lipinski definition) is 2. The molecule has 2 heterocycles. The minimum Gasteiger partial charge on any atom is -0.338 e. The first-order valence-electron chi connectivity index (χ1n) is 5.38. The lowest BCUT2D eigenvalue weighted by Crippen LogP contribution is -1.78. The molecule has 0 aliphatic heterocycles. The fraction of sp³-hybridized carbons (Fsp3) is 0.154. The van der Waals surface area contributed by atoms with Crippen molar-refractivity contribution in [1.29, 1.82) is 0 Å². The second kappa shape index (κ2) is 3.76. The SMILES string of the molecule is CCc1ccc2nc(-c3ccsc3)[nH]c2c1. The van der Waals surface area contributed by atoms with Gasteiger partial charge in [-0.05, 0) is 35.6 Å². The average Bonchev–Trinajstić information content (AvgIpc) is 2.96. The van der Waals surface area contributed by atoms with E-state index in [1.807, 2.05) is 0 Å². The molecule has 0 spiro atoms. The van der Waals surface area contributed by atoms with Gasteiger partial charge in [-0.1, -0.05) is 13.0 Å². The summed E-state index contributed by atoms with van der Waals surface area (Å²) >= 11 is 1.69. The molecule has 3 heteroatoms. The molecule has 80 valence electrons. The topological polar surface area (TPSA) is 28.7 Å². The van der Waals surface area contributed by atoms with Crippen LogP contribution in [0.1, 0.15) is 12.5 Å². The van der Waals surface area contributed by atoms with Gasteiger partial charge in [-0.25, -0.2) is 4.98 Å². The third-order valence-electron chi connectivity index (χ3n) is 2.75. The van der Waals surface area contributed by atoms with E-state index in [2.05, 4.69) is 51.9 Å². The minimum absolute atomic E-state index is 0.963. The smallest absolute Gasteiger partial charge is 0.139 e. The number of nitrogens with one attached hydrogen (secondary N) is 1. The van der Waals surface area contributed by atoms with Crippen LogP contribution in [0, 0.1) is 0 Å². The summed E-state index contributed by atoms with van der Waals surface area (Å²) in [5.74, 6) is 0.963. The highest BCUT2D eigenvalue weighted by Crippen LogP contribution is 2.23. The molecule has 16 heavy (non-hydrogen) atoms. The fourth-order valence-corrected chi connectivity index (χ4v) is 2.45. The molecule has 0 saturated carbocycles. The summed E-state index contributed by atoms with van der Waals surface area (Å²) in [6.45, 7) is 2.16. The Morgan fingerprint density at radius 2 is 2.25 bits per heavy atom. The lowest BCUT2D eigenvalue weighted by atomic mass is 10.1. The van der Waals surface area contributed by atoms with Gasteiger partial charge in [0.25, 0.3) is 0 Å². The predicted octanol–water partition coefficient (Wildman–Crippen LogP) is 3.85. The Morgan fingerprint density at radius 3 is 3.00 bits per heavy atom. The first kappa shape index (κ1) is 9.60. The summed E-state index contributed by atoms with van der Waals surface area (Å²) in [6.07, 6.45) is 1.06. The lowest BCUT2D eigenvalue weighted by molar-refractivity contribution is 1.14. The Balaban J connectivity index is 2.16. The van der Waals surface area contributed by atoms with Crippen LogP contribution in [0.3, 0.4) is 0 Å². The number of aromatic nitrogens is 2. The van der Waals surface area contributed by atoms with Gasteiger partial charge in [0.15, 0.2) is 0 Å². The summed E-state index contributed by atoms with van der Waals surface area (Å²) in [5.41, 5.74) is 4.67. The van der Waals surface area contributed by atoms with Gasteiger partial charge in [0, 0.05) is 10.9 Å². The molecule has 0 aliphatic carbocycles. The van der Waals surface area contributed by atoms with Crippen LogP contribution in [0.5, 0.6) is 0 Å². The highest BCUT2D eigenvalue weighted by Gasteiger charge is 2.05. The van der Waals surface area contributed by atoms with Crippen LogP contribution in [0.4, 0.5) is 0 Å². The van der Waals surface area contributed by atoms with Crippen LogP contribution >= 0.6 is 11.3 Å². The average molecular weight is 228 g/mol. The van der Waals surface area contributed by atoms with Crippen LogP contribution in [-0.4, -0.2) is 9.97 Å². The maximum atomic E-state index is 4.58. The molecule has 0 aliphatic rings. The van der Waals surface area contributed by atoms with Gasteiger partial charge in [0.2, 0.25) is 0 Å². The number of aryl methyl sites for hydroxylation is 1. The van der Waals surface area contributed by atoms with Crippen LogP contribution in [0.15, 0.2) is 35.0 Å². The zero-order valence-corrected chi connectivity index (χ0v) is 9.84. The van der Waals surface area contributed by atoms with E-state index in [9.17, 15) is 0 Å². The largest absolute Gasteiger partial charge is 0.338 e. The molecule has 0 amide bonds. The highest BCUT2D eigenvalue weighted by molar-refractivity contribution is 7.08. The van der Waals surface area contributed by atoms with Crippen LogP contribution in [0.25, 0.3) is 22.4 Å². The Hall–Kier alpha value is -1.61. The zero-order valence-electron chi connectivity index (χ0n) is 9.03. The Labute approximate surface area is 98.0 Å². The molecular weight excluding hydrogens is 216 g/mol. The van der Waals surface area contributed by atoms with Crippen molar-refractivity contribution in [2.45, 2.75) is 13.3 Å². The molecule has 2 aromatic heterocycles. The highest BCUT2D eigenvalue weighted by atomic mass is 32.1. The number of nitrogens with zero attached hydrogens (tertiary/aromatic N) is 1. The van der Waals surface area contributed by atoms with Crippen molar-refractivity contribution in [2.75, 3.05) is 0 Å². The molecule has 3 aromatic rings. The van der Waals surface area contributed by atoms with Gasteiger partial charge in [-0.2, -0.15) is 11.3 Å². The third kappa shape index (κ3) is 1.53. The van der Waals surface area contributed by atoms with E-state index >= 15 is 0 Å². The van der Waals surface area contributed by atoms with Crippen LogP contribution in [0.2, 0.25) is 0 Å². The van der Waals surface area contributed by atoms with E-state index in [4.69, 9.17) is 0 Å². The van der Waals surface area contributed by atoms with E-state index in [0.717, 1.165) is 23.3 Å². The van der Waals surface area contributed by atoms with E-state index < -0.39 is 0 Å². The quantitative estimate of drug-likeness (QED) is 0.709. The van der Waals surface area contributed by atoms with Gasteiger partial charge >= 0.3 is 0 Å². The molecule has 0 bridgehead atoms. The molecule has 1 aromatic carbocycles. The first-order chi connectivity index (χ1) is 7.86. The van der Waals surface area contributed by atoms with E-state index in [1.54, 1.807) is 11.3 Å². The van der Waals surface area contributed by atoms with Crippen molar-refractivity contribution in [3.63, 3.8) is 0 Å². The maximum absolute atomic E-state index is 4.58. The Bertz CT molecular complexity index is 608. The monoisotopic (exact) mass is 228 g/mol. The number of rotatable bonds is 2. The predicted molar refractivity (Wildman–Crippen MR) is 68.8 cm³/mol. The number of thiophene rings is 1. The second-order valence-corrected chi connectivity index (χ2v) is 4.58. The van der Waals surface area contributed by atoms with Crippen molar-refractivity contribution >= 4 is 22.4 Å². The van der Waals surface area contributed by atoms with Crippen molar-refractivity contribution in [3.05, 3.63) is 40.6 Å². The summed E-state index contributed by atoms with van der Waals surface area (Å²) in [4.78, 5) is 7.95. The number of aromatic amines is 1. The lowest BCUT2D eigenvalue weighted by Gasteiger charge is -1.93. The minimum atomic E-state index is 0.963. The molecule has 3 rings (SSSR count). The van der Waals surface area contributed by atoms with Crippen molar-refractivity contribution in [3.8, 4) is 11.4 Å². The zero-order chi connectivity index (χ0) is 11.0. The molecular formula is C13H12N2S. The van der Waals surface area contributed by atoms with Gasteiger partial charge in [-0.15, -0.1) is 0 Å². The molecule has 0 unspecified atom stereocenters. The summed E-state index contributed by atoms with van der Waals surface area (Å²) in [6, 6.07) is 8.49. The first-order valence-corrected chi connectivity index (χ1v) is 6.32. The Kier molecular flexibility index (Phi) is 2.26. The molecule has 0 radical (unpaired) electrons. The van der Waals surface area contributed by atoms with Crippen molar-refractivity contribution in [1.82, 2.24) is 9.97 Å². The summed E-state index contributed by atoms with van der Waals surface area (Å²) in [7, 11) is 0. The van der Waals surface area contributed by atoms with Gasteiger partial charge in [0.1, 0.15) is 5.82 Å². The van der Waals surface area contributed by atoms with E-state index in [-0.39, 0.29) is 0 Å². The number of hydrogen-bond donors (Lipinski definition) is 1. The molecule has 0 atom stereocenters. The second-order valence-electron chi connectivity index (χ2n) is 3.80. The van der Waals surface area contributed by atoms with E-state index in [0.29, 0.717) is 0 Å². The van der Waals surface area contributed by atoms with Crippen LogP contribution in [-0.2, 0) is 6.42 Å². The standard InChI is InChI=1S/C13H12N2S/c1-2-9-3-4-11-12(7-9)15-13(14-11)10-5-6-16-8-10/h3-8H,2H2,1H3,(H,14,15).